The highest BCUT2D eigenvalue weighted by atomic mass is 32.2. The molecule has 1 aromatic rings. The Morgan fingerprint density at radius 2 is 2.13 bits per heavy atom. The van der Waals surface area contributed by atoms with Crippen molar-refractivity contribution >= 4 is 16.0 Å². The minimum Gasteiger partial charge on any atom is -0.423 e. The van der Waals surface area contributed by atoms with Crippen LogP contribution in [-0.2, 0) is 14.8 Å². The molecule has 2 N–H and O–H groups in total. The highest BCUT2D eigenvalue weighted by Crippen LogP contribution is 2.16. The average Bonchev–Trinajstić information content (AvgIpc) is 2.17. The van der Waals surface area contributed by atoms with Crippen LogP contribution in [-0.4, -0.2) is 14.4 Å². The summed E-state index contributed by atoms with van der Waals surface area (Å²) < 4.78 is 26.6. The second-order valence-electron chi connectivity index (χ2n) is 2.65. The predicted octanol–water partition coefficient (Wildman–Crippen LogP) is 0.425. The number of hydrogen-bond donors (Lipinski definition) is 1. The molecule has 0 aromatic heterocycles. The molecule has 0 bridgehead atoms. The third kappa shape index (κ3) is 3.19. The van der Waals surface area contributed by atoms with E-state index in [9.17, 15) is 13.2 Å². The van der Waals surface area contributed by atoms with Crippen molar-refractivity contribution in [2.75, 3.05) is 0 Å². The van der Waals surface area contributed by atoms with Crippen LogP contribution < -0.4 is 9.88 Å². The fraction of sp³-hybridized carbons (Fsp3) is 0. The van der Waals surface area contributed by atoms with Crippen molar-refractivity contribution in [3.63, 3.8) is 0 Å². The Labute approximate surface area is 87.2 Å². The molecule has 0 saturated carbocycles. The van der Waals surface area contributed by atoms with Crippen molar-refractivity contribution in [3.05, 3.63) is 36.9 Å². The number of rotatable bonds is 3. The van der Waals surface area contributed by atoms with E-state index >= 15 is 0 Å². The monoisotopic (exact) mass is 227 g/mol. The Morgan fingerprint density at radius 3 is 2.67 bits per heavy atom. The molecule has 0 saturated heterocycles. The molecule has 0 amide bonds. The number of hydrogen-bond acceptors (Lipinski definition) is 4. The van der Waals surface area contributed by atoms with Gasteiger partial charge in [0.05, 0.1) is 4.90 Å². The van der Waals surface area contributed by atoms with Gasteiger partial charge in [-0.2, -0.15) is 0 Å². The van der Waals surface area contributed by atoms with E-state index in [0.29, 0.717) is 0 Å². The smallest absolute Gasteiger partial charge is 0.335 e. The molecule has 0 spiro atoms. The van der Waals surface area contributed by atoms with Crippen LogP contribution in [0.3, 0.4) is 0 Å². The maximum Gasteiger partial charge on any atom is 0.335 e. The van der Waals surface area contributed by atoms with Gasteiger partial charge in [-0.25, -0.2) is 18.4 Å². The molecule has 80 valence electrons. The van der Waals surface area contributed by atoms with Crippen LogP contribution in [0.15, 0.2) is 41.8 Å². The van der Waals surface area contributed by atoms with Gasteiger partial charge in [-0.05, 0) is 12.1 Å². The first-order valence-electron chi connectivity index (χ1n) is 3.90. The van der Waals surface area contributed by atoms with E-state index in [4.69, 9.17) is 9.88 Å². The molecular weight excluding hydrogens is 218 g/mol. The van der Waals surface area contributed by atoms with Crippen LogP contribution in [0.2, 0.25) is 0 Å². The molecule has 5 nitrogen and oxygen atoms in total. The number of sulfonamides is 1. The Morgan fingerprint density at radius 1 is 1.47 bits per heavy atom. The highest BCUT2D eigenvalue weighted by Gasteiger charge is 2.09. The molecule has 0 aliphatic heterocycles. The van der Waals surface area contributed by atoms with E-state index in [2.05, 4.69) is 6.58 Å². The van der Waals surface area contributed by atoms with E-state index in [-0.39, 0.29) is 10.6 Å². The quantitative estimate of drug-likeness (QED) is 0.460. The summed E-state index contributed by atoms with van der Waals surface area (Å²) in [5, 5.41) is 4.90. The van der Waals surface area contributed by atoms with Gasteiger partial charge in [-0.3, -0.25) is 0 Å². The van der Waals surface area contributed by atoms with E-state index < -0.39 is 16.0 Å². The first-order chi connectivity index (χ1) is 6.93. The Kier molecular flexibility index (Phi) is 3.23. The van der Waals surface area contributed by atoms with E-state index in [1.165, 1.54) is 18.2 Å². The highest BCUT2D eigenvalue weighted by molar-refractivity contribution is 7.89. The maximum absolute atomic E-state index is 11.0. The standard InChI is InChI=1S/C9H9NO4S/c1-2-9(11)14-7-4-3-5-8(6-7)15(10,12)13/h2-6H,1H2,(H2,10,12,13). The Balaban J connectivity index is 3.03. The van der Waals surface area contributed by atoms with Crippen molar-refractivity contribution in [1.29, 1.82) is 0 Å². The summed E-state index contributed by atoms with van der Waals surface area (Å²) in [6.07, 6.45) is 0.976. The predicted molar refractivity (Wildman–Crippen MR) is 53.6 cm³/mol. The number of carbonyl (C=O) groups excluding carboxylic acids is 1. The molecule has 1 rings (SSSR count). The summed E-state index contributed by atoms with van der Waals surface area (Å²) in [4.78, 5) is 10.7. The average molecular weight is 227 g/mol. The fourth-order valence-corrected chi connectivity index (χ4v) is 1.42. The van der Waals surface area contributed by atoms with Crippen molar-refractivity contribution in [2.45, 2.75) is 4.90 Å². The molecule has 0 heterocycles. The van der Waals surface area contributed by atoms with Gasteiger partial charge in [0.1, 0.15) is 5.75 Å². The normalized spacial score (nSPS) is 10.7. The summed E-state index contributed by atoms with van der Waals surface area (Å²) >= 11 is 0. The van der Waals surface area contributed by atoms with E-state index in [0.717, 1.165) is 12.1 Å². The van der Waals surface area contributed by atoms with Crippen LogP contribution in [0.4, 0.5) is 0 Å². The van der Waals surface area contributed by atoms with Crippen LogP contribution in [0.1, 0.15) is 0 Å². The first kappa shape index (κ1) is 11.4. The molecule has 0 aliphatic carbocycles. The second kappa shape index (κ2) is 4.24. The lowest BCUT2D eigenvalue weighted by atomic mass is 10.3. The minimum atomic E-state index is -3.78. The number of nitrogens with two attached hydrogens (primary N) is 1. The number of primary sulfonamides is 1. The molecule has 0 radical (unpaired) electrons. The molecular formula is C9H9NO4S. The fourth-order valence-electron chi connectivity index (χ4n) is 0.873. The number of esters is 1. The van der Waals surface area contributed by atoms with Crippen LogP contribution >= 0.6 is 0 Å². The molecule has 1 aromatic carbocycles. The third-order valence-corrected chi connectivity index (χ3v) is 2.43. The topological polar surface area (TPSA) is 86.5 Å². The molecule has 0 aliphatic rings. The minimum absolute atomic E-state index is 0.103. The largest absolute Gasteiger partial charge is 0.423 e. The number of ether oxygens (including phenoxy) is 1. The lowest BCUT2D eigenvalue weighted by Gasteiger charge is -2.02. The summed E-state index contributed by atoms with van der Waals surface area (Å²) in [5.41, 5.74) is 0. The Hall–Kier alpha value is -1.66. The van der Waals surface area contributed by atoms with Crippen molar-refractivity contribution in [3.8, 4) is 5.75 Å². The molecule has 15 heavy (non-hydrogen) atoms. The molecule has 6 heteroatoms. The lowest BCUT2D eigenvalue weighted by Crippen LogP contribution is -2.12. The van der Waals surface area contributed by atoms with Gasteiger partial charge in [0.25, 0.3) is 0 Å². The maximum atomic E-state index is 11.0. The number of carbonyl (C=O) groups is 1. The van der Waals surface area contributed by atoms with Crippen molar-refractivity contribution in [1.82, 2.24) is 0 Å². The zero-order valence-electron chi connectivity index (χ0n) is 7.71. The summed E-state index contributed by atoms with van der Waals surface area (Å²) in [5.74, 6) is -0.562. The van der Waals surface area contributed by atoms with E-state index in [1.54, 1.807) is 0 Å². The Bertz CT molecular complexity index is 493. The molecule has 0 unspecified atom stereocenters. The third-order valence-electron chi connectivity index (χ3n) is 1.52. The summed E-state index contributed by atoms with van der Waals surface area (Å²) in [6, 6.07) is 5.33. The van der Waals surface area contributed by atoms with Gasteiger partial charge in [0.2, 0.25) is 10.0 Å². The van der Waals surface area contributed by atoms with E-state index in [1.807, 2.05) is 0 Å². The summed E-state index contributed by atoms with van der Waals surface area (Å²) in [6.45, 7) is 3.21. The SMILES string of the molecule is C=CC(=O)Oc1cccc(S(N)(=O)=O)c1. The van der Waals surface area contributed by atoms with Gasteiger partial charge in [0.15, 0.2) is 0 Å². The lowest BCUT2D eigenvalue weighted by molar-refractivity contribution is -0.128. The van der Waals surface area contributed by atoms with Crippen LogP contribution in [0.5, 0.6) is 5.75 Å². The van der Waals surface area contributed by atoms with Gasteiger partial charge in [-0.15, -0.1) is 0 Å². The van der Waals surface area contributed by atoms with Crippen LogP contribution in [0, 0.1) is 0 Å². The van der Waals surface area contributed by atoms with Gasteiger partial charge < -0.3 is 4.74 Å². The molecule has 0 fully saturated rings. The van der Waals surface area contributed by atoms with Crippen molar-refractivity contribution in [2.24, 2.45) is 5.14 Å². The van der Waals surface area contributed by atoms with Gasteiger partial charge >= 0.3 is 5.97 Å². The van der Waals surface area contributed by atoms with Crippen molar-refractivity contribution < 1.29 is 17.9 Å². The summed E-state index contributed by atoms with van der Waals surface area (Å²) in [7, 11) is -3.78. The van der Waals surface area contributed by atoms with Crippen LogP contribution in [0.25, 0.3) is 0 Å². The zero-order valence-corrected chi connectivity index (χ0v) is 8.53. The van der Waals surface area contributed by atoms with Gasteiger partial charge in [-0.1, -0.05) is 12.6 Å². The first-order valence-corrected chi connectivity index (χ1v) is 5.45. The zero-order chi connectivity index (χ0) is 11.5. The second-order valence-corrected chi connectivity index (χ2v) is 4.21. The van der Waals surface area contributed by atoms with Gasteiger partial charge in [0, 0.05) is 12.1 Å². The number of benzene rings is 1. The molecule has 0 atom stereocenters.